The van der Waals surface area contributed by atoms with Crippen LogP contribution >= 0.6 is 0 Å². The Balaban J connectivity index is 3.56. The summed E-state index contributed by atoms with van der Waals surface area (Å²) in [6.45, 7) is 15.9. The zero-order valence-corrected chi connectivity index (χ0v) is 12.2. The Kier molecular flexibility index (Phi) is 7.74. The molecule has 0 aliphatic heterocycles. The third kappa shape index (κ3) is 11.8. The minimum absolute atomic E-state index is 0.463. The van der Waals surface area contributed by atoms with Gasteiger partial charge < -0.3 is 5.32 Å². The van der Waals surface area contributed by atoms with Crippen LogP contribution in [0.25, 0.3) is 0 Å². The Morgan fingerprint density at radius 3 is 2.38 bits per heavy atom. The summed E-state index contributed by atoms with van der Waals surface area (Å²) in [6.07, 6.45) is 6.09. The quantitative estimate of drug-likeness (QED) is 0.500. The molecule has 0 saturated carbocycles. The third-order valence-electron chi connectivity index (χ3n) is 2.64. The van der Waals surface area contributed by atoms with Gasteiger partial charge in [-0.1, -0.05) is 46.3 Å². The number of hydrogen-bond donors (Lipinski definition) is 1. The Labute approximate surface area is 103 Å². The molecule has 0 rings (SSSR count). The van der Waals surface area contributed by atoms with E-state index < -0.39 is 0 Å². The summed E-state index contributed by atoms with van der Waals surface area (Å²) < 4.78 is 0. The second-order valence-corrected chi connectivity index (χ2v) is 6.50. The molecule has 0 heterocycles. The largest absolute Gasteiger partial charge is 0.316 e. The fourth-order valence-corrected chi connectivity index (χ4v) is 1.49. The predicted molar refractivity (Wildman–Crippen MR) is 74.8 cm³/mol. The van der Waals surface area contributed by atoms with Crippen LogP contribution in [0.15, 0.2) is 11.6 Å². The first-order valence-corrected chi connectivity index (χ1v) is 6.67. The molecule has 0 aliphatic rings. The van der Waals surface area contributed by atoms with Crippen LogP contribution in [0.1, 0.15) is 60.8 Å². The van der Waals surface area contributed by atoms with Gasteiger partial charge in [-0.3, -0.25) is 0 Å². The Morgan fingerprint density at radius 2 is 1.88 bits per heavy atom. The van der Waals surface area contributed by atoms with E-state index in [1.165, 1.54) is 19.3 Å². The maximum Gasteiger partial charge on any atom is -0.00141 e. The molecule has 96 valence electrons. The van der Waals surface area contributed by atoms with Gasteiger partial charge in [-0.25, -0.2) is 0 Å². The third-order valence-corrected chi connectivity index (χ3v) is 2.64. The van der Waals surface area contributed by atoms with Crippen LogP contribution in [0, 0.1) is 11.3 Å². The van der Waals surface area contributed by atoms with Crippen LogP contribution in [-0.2, 0) is 0 Å². The summed E-state index contributed by atoms with van der Waals surface area (Å²) in [5.41, 5.74) is 2.01. The zero-order valence-electron chi connectivity index (χ0n) is 12.2. The lowest BCUT2D eigenvalue weighted by Crippen LogP contribution is -2.20. The monoisotopic (exact) mass is 225 g/mol. The van der Waals surface area contributed by atoms with E-state index in [1.807, 2.05) is 0 Å². The topological polar surface area (TPSA) is 12.0 Å². The van der Waals surface area contributed by atoms with Crippen molar-refractivity contribution < 1.29 is 0 Å². The fraction of sp³-hybridized carbons (Fsp3) is 0.867. The van der Waals surface area contributed by atoms with Crippen molar-refractivity contribution in [1.29, 1.82) is 0 Å². The smallest absolute Gasteiger partial charge is 0.00141 e. The normalized spacial score (nSPS) is 13.6. The first kappa shape index (κ1) is 15.7. The maximum atomic E-state index is 3.47. The zero-order chi connectivity index (χ0) is 12.6. The van der Waals surface area contributed by atoms with Gasteiger partial charge in [-0.15, -0.1) is 0 Å². The molecule has 0 atom stereocenters. The van der Waals surface area contributed by atoms with Crippen molar-refractivity contribution in [3.8, 4) is 0 Å². The van der Waals surface area contributed by atoms with Gasteiger partial charge in [0.1, 0.15) is 0 Å². The first-order chi connectivity index (χ1) is 7.31. The number of allylic oxidation sites excluding steroid dienone is 1. The molecule has 0 unspecified atom stereocenters. The highest BCUT2D eigenvalue weighted by atomic mass is 14.8. The van der Waals surface area contributed by atoms with Crippen LogP contribution in [0.4, 0.5) is 0 Å². The molecule has 0 aliphatic carbocycles. The van der Waals surface area contributed by atoms with Crippen LogP contribution < -0.4 is 5.32 Å². The van der Waals surface area contributed by atoms with Crippen molar-refractivity contribution in [2.45, 2.75) is 60.8 Å². The molecule has 0 amide bonds. The lowest BCUT2D eigenvalue weighted by molar-refractivity contribution is 0.377. The highest BCUT2D eigenvalue weighted by Crippen LogP contribution is 2.23. The second kappa shape index (κ2) is 7.89. The molecule has 0 spiro atoms. The van der Waals surface area contributed by atoms with Gasteiger partial charge in [0.25, 0.3) is 0 Å². The summed E-state index contributed by atoms with van der Waals surface area (Å²) in [5, 5.41) is 3.47. The predicted octanol–water partition coefficient (Wildman–Crippen LogP) is 4.39. The van der Waals surface area contributed by atoms with Crippen LogP contribution in [0.2, 0.25) is 0 Å². The van der Waals surface area contributed by atoms with E-state index in [1.54, 1.807) is 5.57 Å². The van der Waals surface area contributed by atoms with Crippen LogP contribution in [0.5, 0.6) is 0 Å². The van der Waals surface area contributed by atoms with Gasteiger partial charge in [0.15, 0.2) is 0 Å². The van der Waals surface area contributed by atoms with Crippen LogP contribution in [0.3, 0.4) is 0 Å². The van der Waals surface area contributed by atoms with Crippen molar-refractivity contribution in [2.24, 2.45) is 11.3 Å². The SMILES string of the molecule is CC(=CCCNCC(C)C)CCC(C)(C)C. The standard InChI is InChI=1S/C15H31N/c1-13(2)12-16-11-7-8-14(3)9-10-15(4,5)6/h8,13,16H,7,9-12H2,1-6H3. The molecule has 0 aromatic rings. The maximum absolute atomic E-state index is 3.47. The Morgan fingerprint density at radius 1 is 1.25 bits per heavy atom. The molecule has 16 heavy (non-hydrogen) atoms. The lowest BCUT2D eigenvalue weighted by Gasteiger charge is -2.17. The van der Waals surface area contributed by atoms with E-state index in [0.717, 1.165) is 19.0 Å². The summed E-state index contributed by atoms with van der Waals surface area (Å²) in [5.74, 6) is 0.756. The van der Waals surface area contributed by atoms with Gasteiger partial charge in [0, 0.05) is 0 Å². The van der Waals surface area contributed by atoms with Crippen LogP contribution in [-0.4, -0.2) is 13.1 Å². The highest BCUT2D eigenvalue weighted by Gasteiger charge is 2.09. The van der Waals surface area contributed by atoms with Gasteiger partial charge in [-0.2, -0.15) is 0 Å². The molecule has 0 bridgehead atoms. The van der Waals surface area contributed by atoms with Crippen molar-refractivity contribution in [3.05, 3.63) is 11.6 Å². The summed E-state index contributed by atoms with van der Waals surface area (Å²) in [4.78, 5) is 0. The van der Waals surface area contributed by atoms with Gasteiger partial charge in [-0.05, 0) is 50.6 Å². The molecule has 0 saturated heterocycles. The Bertz CT molecular complexity index is 196. The minimum Gasteiger partial charge on any atom is -0.316 e. The van der Waals surface area contributed by atoms with E-state index in [9.17, 15) is 0 Å². The van der Waals surface area contributed by atoms with Crippen molar-refractivity contribution in [3.63, 3.8) is 0 Å². The van der Waals surface area contributed by atoms with E-state index in [-0.39, 0.29) is 0 Å². The molecule has 0 aromatic heterocycles. The lowest BCUT2D eigenvalue weighted by atomic mass is 9.89. The van der Waals surface area contributed by atoms with Gasteiger partial charge in [0.05, 0.1) is 0 Å². The van der Waals surface area contributed by atoms with Crippen molar-refractivity contribution in [2.75, 3.05) is 13.1 Å². The van der Waals surface area contributed by atoms with Gasteiger partial charge >= 0.3 is 0 Å². The molecule has 0 aromatic carbocycles. The average Bonchev–Trinajstić information content (AvgIpc) is 2.12. The minimum atomic E-state index is 0.463. The summed E-state index contributed by atoms with van der Waals surface area (Å²) >= 11 is 0. The Hall–Kier alpha value is -0.300. The highest BCUT2D eigenvalue weighted by molar-refractivity contribution is 4.98. The molecule has 1 N–H and O–H groups in total. The first-order valence-electron chi connectivity index (χ1n) is 6.67. The number of hydrogen-bond acceptors (Lipinski definition) is 1. The molecule has 1 heteroatoms. The molecule has 1 nitrogen and oxygen atoms in total. The molecule has 0 fully saturated rings. The number of rotatable bonds is 7. The second-order valence-electron chi connectivity index (χ2n) is 6.50. The van der Waals surface area contributed by atoms with E-state index in [0.29, 0.717) is 5.41 Å². The van der Waals surface area contributed by atoms with Crippen molar-refractivity contribution in [1.82, 2.24) is 5.32 Å². The van der Waals surface area contributed by atoms with E-state index in [2.05, 4.69) is 52.9 Å². The molecular weight excluding hydrogens is 194 g/mol. The average molecular weight is 225 g/mol. The van der Waals surface area contributed by atoms with E-state index >= 15 is 0 Å². The molecular formula is C15H31N. The fourth-order valence-electron chi connectivity index (χ4n) is 1.49. The number of nitrogens with one attached hydrogen (secondary N) is 1. The summed E-state index contributed by atoms with van der Waals surface area (Å²) in [7, 11) is 0. The summed E-state index contributed by atoms with van der Waals surface area (Å²) in [6, 6.07) is 0. The molecule has 0 radical (unpaired) electrons. The van der Waals surface area contributed by atoms with Crippen molar-refractivity contribution >= 4 is 0 Å². The van der Waals surface area contributed by atoms with E-state index in [4.69, 9.17) is 0 Å². The van der Waals surface area contributed by atoms with Gasteiger partial charge in [0.2, 0.25) is 0 Å².